The first kappa shape index (κ1) is 18.9. The summed E-state index contributed by atoms with van der Waals surface area (Å²) in [6.07, 6.45) is 0.0139. The molecule has 0 aromatic heterocycles. The fourth-order valence-electron chi connectivity index (χ4n) is 2.97. The maximum atomic E-state index is 12.2. The molecule has 24 heavy (non-hydrogen) atoms. The molecule has 0 saturated carbocycles. The number of carbonyl (C=O) groups is 1. The minimum absolute atomic E-state index is 0.0628. The van der Waals surface area contributed by atoms with E-state index < -0.39 is 6.10 Å². The molecular weight excluding hydrogens is 304 g/mol. The van der Waals surface area contributed by atoms with Crippen molar-refractivity contribution in [1.29, 1.82) is 0 Å². The van der Waals surface area contributed by atoms with Crippen molar-refractivity contribution in [2.75, 3.05) is 19.6 Å². The number of hydrogen-bond acceptors (Lipinski definition) is 4. The van der Waals surface area contributed by atoms with Crippen LogP contribution in [-0.2, 0) is 20.9 Å². The Bertz CT molecular complexity index is 499. The third-order valence-electron chi connectivity index (χ3n) is 4.35. The highest BCUT2D eigenvalue weighted by molar-refractivity contribution is 5.80. The second-order valence-electron chi connectivity index (χ2n) is 6.74. The van der Waals surface area contributed by atoms with Gasteiger partial charge >= 0.3 is 0 Å². The molecule has 4 atom stereocenters. The first-order chi connectivity index (χ1) is 11.5. The van der Waals surface area contributed by atoms with E-state index in [1.54, 1.807) is 6.92 Å². The van der Waals surface area contributed by atoms with Gasteiger partial charge in [0.05, 0.1) is 18.8 Å². The largest absolute Gasteiger partial charge is 0.373 e. The van der Waals surface area contributed by atoms with Crippen LogP contribution in [0.4, 0.5) is 0 Å². The lowest BCUT2D eigenvalue weighted by atomic mass is 10.1. The zero-order chi connectivity index (χ0) is 17.5. The summed E-state index contributed by atoms with van der Waals surface area (Å²) in [5.74, 6) is -0.0628. The van der Waals surface area contributed by atoms with Crippen LogP contribution in [0.5, 0.6) is 0 Å². The Labute approximate surface area is 145 Å². The van der Waals surface area contributed by atoms with Gasteiger partial charge in [-0.15, -0.1) is 0 Å². The molecule has 2 rings (SSSR count). The van der Waals surface area contributed by atoms with Crippen LogP contribution in [0.1, 0.15) is 33.3 Å². The number of ether oxygens (including phenoxy) is 2. The van der Waals surface area contributed by atoms with Crippen molar-refractivity contribution in [2.24, 2.45) is 0 Å². The number of benzene rings is 1. The Morgan fingerprint density at radius 2 is 1.88 bits per heavy atom. The van der Waals surface area contributed by atoms with E-state index in [0.29, 0.717) is 13.2 Å². The number of rotatable bonds is 7. The fraction of sp³-hybridized carbons (Fsp3) is 0.632. The van der Waals surface area contributed by atoms with Crippen molar-refractivity contribution < 1.29 is 14.3 Å². The minimum atomic E-state index is -0.458. The summed E-state index contributed by atoms with van der Waals surface area (Å²) < 4.78 is 11.4. The quantitative estimate of drug-likeness (QED) is 0.831. The van der Waals surface area contributed by atoms with Crippen molar-refractivity contribution in [3.8, 4) is 0 Å². The molecule has 1 amide bonds. The van der Waals surface area contributed by atoms with Gasteiger partial charge in [0.1, 0.15) is 6.10 Å². The molecule has 5 nitrogen and oxygen atoms in total. The van der Waals surface area contributed by atoms with E-state index in [1.807, 2.05) is 30.3 Å². The molecule has 1 fully saturated rings. The molecule has 0 radical (unpaired) electrons. The molecule has 1 aromatic carbocycles. The van der Waals surface area contributed by atoms with Gasteiger partial charge in [0.25, 0.3) is 0 Å². The lowest BCUT2D eigenvalue weighted by molar-refractivity contribution is -0.133. The molecule has 0 aliphatic carbocycles. The fourth-order valence-corrected chi connectivity index (χ4v) is 2.97. The summed E-state index contributed by atoms with van der Waals surface area (Å²) >= 11 is 0. The average Bonchev–Trinajstić information content (AvgIpc) is 2.57. The molecule has 0 bridgehead atoms. The van der Waals surface area contributed by atoms with Gasteiger partial charge in [-0.25, -0.2) is 0 Å². The van der Waals surface area contributed by atoms with E-state index in [0.717, 1.165) is 18.7 Å². The minimum Gasteiger partial charge on any atom is -0.373 e. The first-order valence-corrected chi connectivity index (χ1v) is 8.78. The van der Waals surface area contributed by atoms with Gasteiger partial charge in [0.2, 0.25) is 5.91 Å². The van der Waals surface area contributed by atoms with Crippen LogP contribution in [0.25, 0.3) is 0 Å². The Hall–Kier alpha value is -1.43. The molecule has 1 saturated heterocycles. The average molecular weight is 334 g/mol. The third-order valence-corrected chi connectivity index (χ3v) is 4.35. The van der Waals surface area contributed by atoms with E-state index in [4.69, 9.17) is 9.47 Å². The van der Waals surface area contributed by atoms with Gasteiger partial charge in [0.15, 0.2) is 0 Å². The molecule has 4 unspecified atom stereocenters. The van der Waals surface area contributed by atoms with Crippen molar-refractivity contribution >= 4 is 5.91 Å². The molecule has 0 spiro atoms. The Kier molecular flexibility index (Phi) is 7.21. The zero-order valence-electron chi connectivity index (χ0n) is 15.2. The maximum absolute atomic E-state index is 12.2. The highest BCUT2D eigenvalue weighted by Crippen LogP contribution is 2.13. The topological polar surface area (TPSA) is 50.8 Å². The Morgan fingerprint density at radius 3 is 2.50 bits per heavy atom. The molecule has 1 N–H and O–H groups in total. The monoisotopic (exact) mass is 334 g/mol. The second-order valence-corrected chi connectivity index (χ2v) is 6.74. The lowest BCUT2D eigenvalue weighted by Crippen LogP contribution is -2.52. The highest BCUT2D eigenvalue weighted by atomic mass is 16.5. The molecule has 1 heterocycles. The van der Waals surface area contributed by atoms with Crippen LogP contribution in [0.15, 0.2) is 30.3 Å². The lowest BCUT2D eigenvalue weighted by Gasteiger charge is -2.39. The second kappa shape index (κ2) is 9.16. The third kappa shape index (κ3) is 5.89. The van der Waals surface area contributed by atoms with Crippen LogP contribution in [0.2, 0.25) is 0 Å². The van der Waals surface area contributed by atoms with E-state index >= 15 is 0 Å². The summed E-state index contributed by atoms with van der Waals surface area (Å²) in [6.45, 7) is 11.0. The predicted octanol–water partition coefficient (Wildman–Crippen LogP) is 2.21. The van der Waals surface area contributed by atoms with Crippen LogP contribution in [0, 0.1) is 0 Å². The van der Waals surface area contributed by atoms with Crippen LogP contribution in [0.3, 0.4) is 0 Å². The van der Waals surface area contributed by atoms with Crippen molar-refractivity contribution in [3.05, 3.63) is 35.9 Å². The molecule has 1 aromatic rings. The maximum Gasteiger partial charge on any atom is 0.248 e. The van der Waals surface area contributed by atoms with Gasteiger partial charge in [-0.2, -0.15) is 0 Å². The Morgan fingerprint density at radius 1 is 1.25 bits per heavy atom. The standard InChI is InChI=1S/C19H30N2O3/c1-14(21-11-15(2)24-16(3)12-21)10-20-19(22)17(4)23-13-18-8-6-5-7-9-18/h5-9,14-17H,10-13H2,1-4H3,(H,20,22). The van der Waals surface area contributed by atoms with E-state index in [1.165, 1.54) is 0 Å². The number of nitrogens with zero attached hydrogens (tertiary/aromatic N) is 1. The number of morpholine rings is 1. The van der Waals surface area contributed by atoms with Gasteiger partial charge in [-0.1, -0.05) is 30.3 Å². The molecule has 1 aliphatic heterocycles. The van der Waals surface area contributed by atoms with Gasteiger partial charge in [0, 0.05) is 25.7 Å². The van der Waals surface area contributed by atoms with Crippen LogP contribution < -0.4 is 5.32 Å². The van der Waals surface area contributed by atoms with Crippen molar-refractivity contribution in [1.82, 2.24) is 10.2 Å². The van der Waals surface area contributed by atoms with E-state index in [2.05, 4.69) is 31.0 Å². The molecule has 5 heteroatoms. The molecule has 134 valence electrons. The normalized spacial score (nSPS) is 24.3. The van der Waals surface area contributed by atoms with Crippen molar-refractivity contribution in [3.63, 3.8) is 0 Å². The van der Waals surface area contributed by atoms with E-state index in [9.17, 15) is 4.79 Å². The number of nitrogens with one attached hydrogen (secondary N) is 1. The van der Waals surface area contributed by atoms with Gasteiger partial charge in [-0.05, 0) is 33.3 Å². The Balaban J connectivity index is 1.71. The summed E-state index contributed by atoms with van der Waals surface area (Å²) in [6, 6.07) is 10.2. The smallest absolute Gasteiger partial charge is 0.248 e. The summed E-state index contributed by atoms with van der Waals surface area (Å²) in [5, 5.41) is 3.00. The SMILES string of the molecule is CC1CN(C(C)CNC(=O)C(C)OCc2ccccc2)CC(C)O1. The number of carbonyl (C=O) groups excluding carboxylic acids is 1. The van der Waals surface area contributed by atoms with Crippen LogP contribution in [-0.4, -0.2) is 54.8 Å². The number of hydrogen-bond donors (Lipinski definition) is 1. The summed E-state index contributed by atoms with van der Waals surface area (Å²) in [4.78, 5) is 14.6. The number of amides is 1. The van der Waals surface area contributed by atoms with Gasteiger partial charge in [-0.3, -0.25) is 9.69 Å². The predicted molar refractivity (Wildman–Crippen MR) is 94.7 cm³/mol. The molecule has 1 aliphatic rings. The molecular formula is C19H30N2O3. The van der Waals surface area contributed by atoms with Crippen LogP contribution >= 0.6 is 0 Å². The summed E-state index contributed by atoms with van der Waals surface area (Å²) in [5.41, 5.74) is 1.07. The van der Waals surface area contributed by atoms with E-state index in [-0.39, 0.29) is 24.2 Å². The summed E-state index contributed by atoms with van der Waals surface area (Å²) in [7, 11) is 0. The van der Waals surface area contributed by atoms with Gasteiger partial charge < -0.3 is 14.8 Å². The highest BCUT2D eigenvalue weighted by Gasteiger charge is 2.26. The first-order valence-electron chi connectivity index (χ1n) is 8.78. The van der Waals surface area contributed by atoms with Crippen molar-refractivity contribution in [2.45, 2.75) is 58.7 Å². The zero-order valence-corrected chi connectivity index (χ0v) is 15.2.